The highest BCUT2D eigenvalue weighted by Crippen LogP contribution is 2.32. The molecule has 1 N–H and O–H groups in total. The van der Waals surface area contributed by atoms with E-state index in [4.69, 9.17) is 26.5 Å². The number of benzene rings is 1. The Labute approximate surface area is 150 Å². The molecule has 1 aliphatic heterocycles. The molecule has 0 radical (unpaired) electrons. The van der Waals surface area contributed by atoms with Crippen molar-refractivity contribution in [2.75, 3.05) is 13.7 Å². The Bertz CT molecular complexity index is 994. The van der Waals surface area contributed by atoms with Crippen LogP contribution in [0.1, 0.15) is 5.56 Å². The highest BCUT2D eigenvalue weighted by atomic mass is 32.2. The number of carbonyl (C=O) groups is 2. The van der Waals surface area contributed by atoms with E-state index in [9.17, 15) is 14.4 Å². The Balaban J connectivity index is 2.00. The number of hydrogen-bond acceptors (Lipinski definition) is 7. The number of methoxy groups -OCH3 is 1. The molecule has 2 heterocycles. The number of rotatable bonds is 4. The Morgan fingerprint density at radius 3 is 2.84 bits per heavy atom. The Morgan fingerprint density at radius 2 is 2.16 bits per heavy atom. The van der Waals surface area contributed by atoms with Gasteiger partial charge in [0, 0.05) is 11.5 Å². The molecule has 2 aromatic rings. The minimum atomic E-state index is -1.17. The molecule has 0 spiro atoms. The summed E-state index contributed by atoms with van der Waals surface area (Å²) in [4.78, 5) is 36.4. The second-order valence-corrected chi connectivity index (χ2v) is 6.73. The predicted molar refractivity (Wildman–Crippen MR) is 96.6 cm³/mol. The van der Waals surface area contributed by atoms with E-state index in [1.165, 1.54) is 13.2 Å². The number of carbonyl (C=O) groups excluding carboxylic acids is 1. The monoisotopic (exact) mass is 377 g/mol. The molecule has 1 amide bonds. The molecule has 1 aromatic heterocycles. The van der Waals surface area contributed by atoms with Crippen LogP contribution in [0.3, 0.4) is 0 Å². The van der Waals surface area contributed by atoms with Crippen LogP contribution >= 0.6 is 24.0 Å². The standard InChI is InChI=1S/C16H11NO6S2/c1-22-10-3-2-8-4-9(15(21)23-11(8)6-10)5-12-14(20)17(7-13(18)19)16(24)25-12/h2-6H,7H2,1H3,(H,18,19)/b12-5+. The van der Waals surface area contributed by atoms with Crippen molar-refractivity contribution in [2.45, 2.75) is 0 Å². The summed E-state index contributed by atoms with van der Waals surface area (Å²) in [5, 5.41) is 9.49. The van der Waals surface area contributed by atoms with Crippen LogP contribution in [-0.2, 0) is 9.59 Å². The molecule has 1 saturated heterocycles. The van der Waals surface area contributed by atoms with Crippen molar-refractivity contribution in [3.05, 3.63) is 45.2 Å². The molecule has 0 unspecified atom stereocenters. The van der Waals surface area contributed by atoms with Gasteiger partial charge in [0.25, 0.3) is 5.91 Å². The first kappa shape index (κ1) is 17.2. The molecule has 3 rings (SSSR count). The van der Waals surface area contributed by atoms with Gasteiger partial charge in [-0.25, -0.2) is 4.79 Å². The van der Waals surface area contributed by atoms with Crippen molar-refractivity contribution < 1.29 is 23.8 Å². The van der Waals surface area contributed by atoms with Gasteiger partial charge in [-0.2, -0.15) is 0 Å². The number of nitrogens with zero attached hydrogens (tertiary/aromatic N) is 1. The van der Waals surface area contributed by atoms with E-state index in [-0.39, 0.29) is 14.8 Å². The van der Waals surface area contributed by atoms with Crippen LogP contribution in [0.5, 0.6) is 5.75 Å². The van der Waals surface area contributed by atoms with Gasteiger partial charge in [-0.05, 0) is 24.3 Å². The summed E-state index contributed by atoms with van der Waals surface area (Å²) in [5.74, 6) is -1.17. The maximum absolute atomic E-state index is 12.3. The number of amides is 1. The molecule has 7 nitrogen and oxygen atoms in total. The number of hydrogen-bond donors (Lipinski definition) is 1. The smallest absolute Gasteiger partial charge is 0.343 e. The third-order valence-corrected chi connectivity index (χ3v) is 4.80. The third kappa shape index (κ3) is 3.42. The number of fused-ring (bicyclic) bond motifs is 1. The van der Waals surface area contributed by atoms with Gasteiger partial charge in [0.05, 0.1) is 17.6 Å². The van der Waals surface area contributed by atoms with Crippen molar-refractivity contribution >= 4 is 57.2 Å². The van der Waals surface area contributed by atoms with Crippen LogP contribution < -0.4 is 10.4 Å². The fraction of sp³-hybridized carbons (Fsp3) is 0.125. The minimum Gasteiger partial charge on any atom is -0.497 e. The zero-order valence-electron chi connectivity index (χ0n) is 12.8. The molecule has 0 bridgehead atoms. The maximum Gasteiger partial charge on any atom is 0.343 e. The summed E-state index contributed by atoms with van der Waals surface area (Å²) in [6, 6.07) is 6.62. The Morgan fingerprint density at radius 1 is 1.40 bits per heavy atom. The van der Waals surface area contributed by atoms with Crippen molar-refractivity contribution in [1.82, 2.24) is 4.90 Å². The zero-order chi connectivity index (χ0) is 18.1. The van der Waals surface area contributed by atoms with E-state index in [2.05, 4.69) is 0 Å². The first-order valence-corrected chi connectivity index (χ1v) is 8.20. The normalized spacial score (nSPS) is 16.0. The van der Waals surface area contributed by atoms with Gasteiger partial charge in [-0.15, -0.1) is 0 Å². The summed E-state index contributed by atoms with van der Waals surface area (Å²) in [6.45, 7) is -0.520. The Kier molecular flexibility index (Phi) is 4.60. The lowest BCUT2D eigenvalue weighted by Crippen LogP contribution is -2.33. The topological polar surface area (TPSA) is 97.0 Å². The van der Waals surface area contributed by atoms with Gasteiger partial charge in [0.15, 0.2) is 0 Å². The van der Waals surface area contributed by atoms with E-state index in [1.807, 2.05) is 0 Å². The molecular weight excluding hydrogens is 366 g/mol. The summed E-state index contributed by atoms with van der Waals surface area (Å²) in [6.07, 6.45) is 1.36. The summed E-state index contributed by atoms with van der Waals surface area (Å²) in [5.41, 5.74) is -0.0855. The third-order valence-electron chi connectivity index (χ3n) is 3.42. The van der Waals surface area contributed by atoms with Gasteiger partial charge < -0.3 is 14.3 Å². The quantitative estimate of drug-likeness (QED) is 0.491. The summed E-state index contributed by atoms with van der Waals surface area (Å²) in [7, 11) is 1.51. The molecule has 9 heteroatoms. The van der Waals surface area contributed by atoms with Gasteiger partial charge in [0.1, 0.15) is 22.2 Å². The van der Waals surface area contributed by atoms with Crippen molar-refractivity contribution in [3.63, 3.8) is 0 Å². The van der Waals surface area contributed by atoms with E-state index in [1.54, 1.807) is 24.3 Å². The van der Waals surface area contributed by atoms with Crippen LogP contribution in [-0.4, -0.2) is 39.9 Å². The maximum atomic E-state index is 12.3. The van der Waals surface area contributed by atoms with E-state index >= 15 is 0 Å². The van der Waals surface area contributed by atoms with E-state index in [0.29, 0.717) is 16.7 Å². The van der Waals surface area contributed by atoms with Gasteiger partial charge in [-0.1, -0.05) is 24.0 Å². The molecule has 1 aromatic carbocycles. The van der Waals surface area contributed by atoms with E-state index < -0.39 is 24.0 Å². The van der Waals surface area contributed by atoms with Crippen LogP contribution in [0, 0.1) is 0 Å². The second kappa shape index (κ2) is 6.69. The lowest BCUT2D eigenvalue weighted by Gasteiger charge is -2.10. The fourth-order valence-electron chi connectivity index (χ4n) is 2.25. The first-order chi connectivity index (χ1) is 11.9. The van der Waals surface area contributed by atoms with Gasteiger partial charge in [0.2, 0.25) is 0 Å². The second-order valence-electron chi connectivity index (χ2n) is 5.05. The summed E-state index contributed by atoms with van der Waals surface area (Å²) < 4.78 is 10.5. The SMILES string of the molecule is COc1ccc2cc(/C=C3/SC(=S)N(CC(=O)O)C3=O)c(=O)oc2c1. The number of aliphatic carboxylic acids is 1. The summed E-state index contributed by atoms with van der Waals surface area (Å²) >= 11 is 5.96. The van der Waals surface area contributed by atoms with Crippen molar-refractivity contribution in [1.29, 1.82) is 0 Å². The first-order valence-electron chi connectivity index (χ1n) is 6.98. The molecule has 0 saturated carbocycles. The van der Waals surface area contributed by atoms with E-state index in [0.717, 1.165) is 16.7 Å². The zero-order valence-corrected chi connectivity index (χ0v) is 14.5. The average Bonchev–Trinajstić information content (AvgIpc) is 2.82. The largest absolute Gasteiger partial charge is 0.497 e. The lowest BCUT2D eigenvalue weighted by atomic mass is 10.1. The molecule has 25 heavy (non-hydrogen) atoms. The highest BCUT2D eigenvalue weighted by molar-refractivity contribution is 8.26. The number of thioether (sulfide) groups is 1. The van der Waals surface area contributed by atoms with Crippen LogP contribution in [0.25, 0.3) is 17.0 Å². The fourth-order valence-corrected chi connectivity index (χ4v) is 3.49. The predicted octanol–water partition coefficient (Wildman–Crippen LogP) is 2.09. The van der Waals surface area contributed by atoms with Crippen LogP contribution in [0.2, 0.25) is 0 Å². The minimum absolute atomic E-state index is 0.133. The molecule has 0 atom stereocenters. The molecular formula is C16H11NO6S2. The molecule has 1 fully saturated rings. The number of thiocarbonyl (C=S) groups is 1. The number of ether oxygens (including phenoxy) is 1. The average molecular weight is 377 g/mol. The molecule has 0 aliphatic carbocycles. The van der Waals surface area contributed by atoms with Crippen molar-refractivity contribution in [3.8, 4) is 5.75 Å². The van der Waals surface area contributed by atoms with Crippen LogP contribution in [0.4, 0.5) is 0 Å². The van der Waals surface area contributed by atoms with Crippen LogP contribution in [0.15, 0.2) is 38.4 Å². The lowest BCUT2D eigenvalue weighted by molar-refractivity contribution is -0.140. The number of carboxylic acids is 1. The number of carboxylic acid groups (broad SMARTS) is 1. The van der Waals surface area contributed by atoms with Gasteiger partial charge >= 0.3 is 11.6 Å². The Hall–Kier alpha value is -2.65. The highest BCUT2D eigenvalue weighted by Gasteiger charge is 2.33. The van der Waals surface area contributed by atoms with Crippen molar-refractivity contribution in [2.24, 2.45) is 0 Å². The molecule has 128 valence electrons. The van der Waals surface area contributed by atoms with Gasteiger partial charge in [-0.3, -0.25) is 14.5 Å². The molecule has 1 aliphatic rings.